The summed E-state index contributed by atoms with van der Waals surface area (Å²) in [6, 6.07) is 16.5. The van der Waals surface area contributed by atoms with Crippen molar-refractivity contribution in [1.82, 2.24) is 16.0 Å². The van der Waals surface area contributed by atoms with Crippen LogP contribution in [-0.2, 0) is 27.4 Å². The first-order valence-corrected chi connectivity index (χ1v) is 13.9. The quantitative estimate of drug-likeness (QED) is 0.281. The summed E-state index contributed by atoms with van der Waals surface area (Å²) in [5.41, 5.74) is 1.71. The number of aliphatic hydroxyl groups excluding tert-OH is 1. The summed E-state index contributed by atoms with van der Waals surface area (Å²) in [6.45, 7) is 3.79. The number of thioether (sulfide) groups is 1. The summed E-state index contributed by atoms with van der Waals surface area (Å²) in [5, 5.41) is 18.0. The molecule has 2 aromatic rings. The molecule has 9 heteroatoms. The third kappa shape index (κ3) is 11.7. The summed E-state index contributed by atoms with van der Waals surface area (Å²) in [7, 11) is 0. The molecule has 0 spiro atoms. The Morgan fingerprint density at radius 3 is 2.03 bits per heavy atom. The van der Waals surface area contributed by atoms with Crippen molar-refractivity contribution in [2.24, 2.45) is 5.92 Å². The lowest BCUT2D eigenvalue weighted by molar-refractivity contribution is -0.130. The Morgan fingerprint density at radius 1 is 0.865 bits per heavy atom. The molecule has 3 atom stereocenters. The SMILES string of the molecule is CSCC[C@@H](CO)NC(=O)[C@H](Cc1ccccc1)NC(=O)[C@H](CC(C)C)NC(=O)OCc1ccccc1. The van der Waals surface area contributed by atoms with Crippen molar-refractivity contribution in [2.45, 2.75) is 57.8 Å². The molecule has 0 aromatic heterocycles. The summed E-state index contributed by atoms with van der Waals surface area (Å²) in [5.74, 6) is 0.0440. The number of carbonyl (C=O) groups is 3. The first-order chi connectivity index (χ1) is 17.8. The number of alkyl carbamates (subject to hydrolysis) is 1. The number of rotatable bonds is 15. The molecule has 0 aliphatic heterocycles. The monoisotopic (exact) mass is 529 g/mol. The van der Waals surface area contributed by atoms with E-state index in [1.807, 2.05) is 80.8 Å². The normalized spacial score (nSPS) is 13.3. The fourth-order valence-electron chi connectivity index (χ4n) is 3.71. The van der Waals surface area contributed by atoms with Gasteiger partial charge in [-0.05, 0) is 41.9 Å². The molecule has 3 amide bonds. The number of hydrogen-bond donors (Lipinski definition) is 4. The van der Waals surface area contributed by atoms with E-state index in [1.54, 1.807) is 11.8 Å². The highest BCUT2D eigenvalue weighted by Gasteiger charge is 2.29. The Labute approximate surface area is 223 Å². The third-order valence-electron chi connectivity index (χ3n) is 5.68. The van der Waals surface area contributed by atoms with E-state index in [9.17, 15) is 19.5 Å². The minimum Gasteiger partial charge on any atom is -0.445 e. The van der Waals surface area contributed by atoms with Crippen LogP contribution in [0.2, 0.25) is 0 Å². The third-order valence-corrected chi connectivity index (χ3v) is 6.33. The van der Waals surface area contributed by atoms with Gasteiger partial charge in [-0.3, -0.25) is 9.59 Å². The molecular formula is C28H39N3O5S. The van der Waals surface area contributed by atoms with Gasteiger partial charge in [-0.2, -0.15) is 11.8 Å². The Hall–Kier alpha value is -3.04. The first kappa shape index (κ1) is 30.2. The van der Waals surface area contributed by atoms with Crippen molar-refractivity contribution in [3.05, 3.63) is 71.8 Å². The molecule has 0 saturated carbocycles. The minimum atomic E-state index is -0.880. The van der Waals surface area contributed by atoms with E-state index in [-0.39, 0.29) is 31.5 Å². The van der Waals surface area contributed by atoms with E-state index in [0.717, 1.165) is 16.9 Å². The molecule has 2 aromatic carbocycles. The van der Waals surface area contributed by atoms with E-state index in [2.05, 4.69) is 16.0 Å². The number of amides is 3. The van der Waals surface area contributed by atoms with Crippen molar-refractivity contribution in [2.75, 3.05) is 18.6 Å². The molecule has 37 heavy (non-hydrogen) atoms. The molecule has 0 aliphatic carbocycles. The average Bonchev–Trinajstić information content (AvgIpc) is 2.89. The van der Waals surface area contributed by atoms with Gasteiger partial charge in [0.2, 0.25) is 11.8 Å². The van der Waals surface area contributed by atoms with Crippen LogP contribution in [0.15, 0.2) is 60.7 Å². The van der Waals surface area contributed by atoms with Crippen molar-refractivity contribution in [1.29, 1.82) is 0 Å². The molecule has 0 heterocycles. The molecule has 0 saturated heterocycles. The Morgan fingerprint density at radius 2 is 1.46 bits per heavy atom. The number of benzene rings is 2. The summed E-state index contributed by atoms with van der Waals surface area (Å²) in [4.78, 5) is 39.0. The molecule has 0 unspecified atom stereocenters. The van der Waals surface area contributed by atoms with Crippen LogP contribution in [0.3, 0.4) is 0 Å². The average molecular weight is 530 g/mol. The van der Waals surface area contributed by atoms with E-state index in [1.165, 1.54) is 0 Å². The molecule has 2 rings (SSSR count). The highest BCUT2D eigenvalue weighted by molar-refractivity contribution is 7.98. The lowest BCUT2D eigenvalue weighted by atomic mass is 10.0. The molecule has 8 nitrogen and oxygen atoms in total. The predicted molar refractivity (Wildman–Crippen MR) is 147 cm³/mol. The van der Waals surface area contributed by atoms with E-state index in [0.29, 0.717) is 12.8 Å². The predicted octanol–water partition coefficient (Wildman–Crippen LogP) is 3.29. The Bertz CT molecular complexity index is 959. The minimum absolute atomic E-state index is 0.0837. The zero-order valence-electron chi connectivity index (χ0n) is 21.8. The van der Waals surface area contributed by atoms with Gasteiger partial charge in [0.15, 0.2) is 0 Å². The number of nitrogens with one attached hydrogen (secondary N) is 3. The number of aliphatic hydroxyl groups is 1. The molecule has 0 radical (unpaired) electrons. The van der Waals surface area contributed by atoms with Gasteiger partial charge in [0.1, 0.15) is 18.7 Å². The maximum absolute atomic E-state index is 13.3. The topological polar surface area (TPSA) is 117 Å². The summed E-state index contributed by atoms with van der Waals surface area (Å²) >= 11 is 1.63. The Balaban J connectivity index is 2.10. The highest BCUT2D eigenvalue weighted by atomic mass is 32.2. The second-order valence-corrected chi connectivity index (χ2v) is 10.3. The zero-order chi connectivity index (χ0) is 27.0. The van der Waals surface area contributed by atoms with Gasteiger partial charge < -0.3 is 25.8 Å². The summed E-state index contributed by atoms with van der Waals surface area (Å²) in [6.07, 6.45) is 2.51. The molecule has 0 aliphatic rings. The smallest absolute Gasteiger partial charge is 0.408 e. The number of carbonyl (C=O) groups excluding carboxylic acids is 3. The summed E-state index contributed by atoms with van der Waals surface area (Å²) < 4.78 is 5.30. The van der Waals surface area contributed by atoms with Crippen molar-refractivity contribution in [3.63, 3.8) is 0 Å². The fourth-order valence-corrected chi connectivity index (χ4v) is 4.23. The van der Waals surface area contributed by atoms with E-state index >= 15 is 0 Å². The van der Waals surface area contributed by atoms with Crippen molar-refractivity contribution in [3.8, 4) is 0 Å². The molecule has 0 fully saturated rings. The van der Waals surface area contributed by atoms with Crippen LogP contribution in [0.1, 0.15) is 37.8 Å². The number of hydrogen-bond acceptors (Lipinski definition) is 6. The second kappa shape index (κ2) is 16.7. The van der Waals surface area contributed by atoms with Crippen LogP contribution in [0.4, 0.5) is 4.79 Å². The molecule has 0 bridgehead atoms. The Kier molecular flexibility index (Phi) is 13.6. The lowest BCUT2D eigenvalue weighted by Crippen LogP contribution is -2.56. The van der Waals surface area contributed by atoms with E-state index < -0.39 is 30.1 Å². The van der Waals surface area contributed by atoms with Gasteiger partial charge in [-0.15, -0.1) is 0 Å². The fraction of sp³-hybridized carbons (Fsp3) is 0.464. The van der Waals surface area contributed by atoms with Gasteiger partial charge in [0.05, 0.1) is 12.6 Å². The zero-order valence-corrected chi connectivity index (χ0v) is 22.6. The van der Waals surface area contributed by atoms with Gasteiger partial charge in [-0.25, -0.2) is 4.79 Å². The van der Waals surface area contributed by atoms with E-state index in [4.69, 9.17) is 4.74 Å². The van der Waals surface area contributed by atoms with Gasteiger partial charge >= 0.3 is 6.09 Å². The lowest BCUT2D eigenvalue weighted by Gasteiger charge is -2.25. The highest BCUT2D eigenvalue weighted by Crippen LogP contribution is 2.10. The maximum atomic E-state index is 13.3. The maximum Gasteiger partial charge on any atom is 0.408 e. The standard InChI is InChI=1S/C28H39N3O5S/c1-20(2)16-24(31-28(35)36-19-22-12-8-5-9-13-22)27(34)30-25(17-21-10-6-4-7-11-21)26(33)29-23(18-32)14-15-37-3/h4-13,20,23-25,32H,14-19H2,1-3H3,(H,29,33)(H,30,34)(H,31,35)/t23-,24-,25-/m0/s1. The van der Waals surface area contributed by atoms with Crippen LogP contribution >= 0.6 is 11.8 Å². The number of ether oxygens (including phenoxy) is 1. The van der Waals surface area contributed by atoms with Gasteiger partial charge in [-0.1, -0.05) is 74.5 Å². The van der Waals surface area contributed by atoms with Crippen LogP contribution in [0, 0.1) is 5.92 Å². The first-order valence-electron chi connectivity index (χ1n) is 12.5. The van der Waals surface area contributed by atoms with Crippen molar-refractivity contribution < 1.29 is 24.2 Å². The van der Waals surface area contributed by atoms with Crippen molar-refractivity contribution >= 4 is 29.7 Å². The molecule has 4 N–H and O–H groups in total. The second-order valence-electron chi connectivity index (χ2n) is 9.31. The molecular weight excluding hydrogens is 490 g/mol. The molecule has 202 valence electrons. The van der Waals surface area contributed by atoms with Crippen LogP contribution < -0.4 is 16.0 Å². The van der Waals surface area contributed by atoms with Crippen LogP contribution in [0.5, 0.6) is 0 Å². The largest absolute Gasteiger partial charge is 0.445 e. The van der Waals surface area contributed by atoms with Crippen LogP contribution in [-0.4, -0.2) is 59.8 Å². The van der Waals surface area contributed by atoms with Crippen LogP contribution in [0.25, 0.3) is 0 Å². The van der Waals surface area contributed by atoms with Gasteiger partial charge in [0, 0.05) is 6.42 Å². The van der Waals surface area contributed by atoms with Gasteiger partial charge in [0.25, 0.3) is 0 Å².